The molecule has 6 heteroatoms. The number of aryl methyl sites for hydroxylation is 1. The van der Waals surface area contributed by atoms with Gasteiger partial charge in [-0.2, -0.15) is 0 Å². The lowest BCUT2D eigenvalue weighted by Crippen LogP contribution is -2.42. The monoisotopic (exact) mass is 329 g/mol. The molecule has 5 nitrogen and oxygen atoms in total. The van der Waals surface area contributed by atoms with Gasteiger partial charge in [0.15, 0.2) is 0 Å². The number of amides is 1. The van der Waals surface area contributed by atoms with Crippen molar-refractivity contribution in [3.05, 3.63) is 41.7 Å². The van der Waals surface area contributed by atoms with Gasteiger partial charge in [0.1, 0.15) is 10.8 Å². The Balaban J connectivity index is 1.38. The molecule has 0 spiro atoms. The summed E-state index contributed by atoms with van der Waals surface area (Å²) in [7, 11) is 0. The normalized spacial score (nSPS) is 25.7. The van der Waals surface area contributed by atoms with Crippen LogP contribution in [0.3, 0.4) is 0 Å². The van der Waals surface area contributed by atoms with Gasteiger partial charge < -0.3 is 15.2 Å². The lowest BCUT2D eigenvalue weighted by molar-refractivity contribution is 0.0931. The summed E-state index contributed by atoms with van der Waals surface area (Å²) in [6.07, 6.45) is 3.46. The summed E-state index contributed by atoms with van der Waals surface area (Å²) in [5.41, 5.74) is 0.702. The highest BCUT2D eigenvalue weighted by Crippen LogP contribution is 2.29. The average Bonchev–Trinajstić information content (AvgIpc) is 3.25. The molecule has 2 fully saturated rings. The molecule has 0 aliphatic carbocycles. The van der Waals surface area contributed by atoms with E-state index in [-0.39, 0.29) is 11.9 Å². The molecule has 2 bridgehead atoms. The van der Waals surface area contributed by atoms with E-state index >= 15 is 0 Å². The van der Waals surface area contributed by atoms with Crippen LogP contribution in [-0.2, 0) is 0 Å². The Kier molecular flexibility index (Phi) is 3.87. The van der Waals surface area contributed by atoms with Crippen LogP contribution in [0.1, 0.15) is 35.4 Å². The number of aromatic nitrogens is 1. The molecule has 2 aliphatic rings. The first kappa shape index (κ1) is 14.8. The van der Waals surface area contributed by atoms with E-state index in [0.29, 0.717) is 17.6 Å². The molecule has 2 aromatic rings. The maximum Gasteiger partial charge on any atom is 0.251 e. The van der Waals surface area contributed by atoms with Crippen LogP contribution in [0.5, 0.6) is 0 Å². The van der Waals surface area contributed by atoms with E-state index in [4.69, 9.17) is 4.52 Å². The highest BCUT2D eigenvalue weighted by atomic mass is 32.2. The lowest BCUT2D eigenvalue weighted by Gasteiger charge is -2.21. The van der Waals surface area contributed by atoms with Crippen LogP contribution >= 0.6 is 11.8 Å². The zero-order chi connectivity index (χ0) is 15.8. The molecule has 1 amide bonds. The van der Waals surface area contributed by atoms with Gasteiger partial charge in [0.05, 0.1) is 0 Å². The molecular weight excluding hydrogens is 310 g/mol. The summed E-state index contributed by atoms with van der Waals surface area (Å²) in [6.45, 7) is 1.87. The Hall–Kier alpha value is -1.79. The van der Waals surface area contributed by atoms with Crippen molar-refractivity contribution in [3.8, 4) is 0 Å². The number of rotatable bonds is 4. The molecule has 1 aromatic heterocycles. The molecule has 1 aromatic carbocycles. The van der Waals surface area contributed by atoms with Crippen molar-refractivity contribution in [1.29, 1.82) is 0 Å². The van der Waals surface area contributed by atoms with E-state index in [1.54, 1.807) is 0 Å². The van der Waals surface area contributed by atoms with Crippen LogP contribution in [0.25, 0.3) is 0 Å². The molecule has 2 aliphatic heterocycles. The van der Waals surface area contributed by atoms with E-state index < -0.39 is 0 Å². The Bertz CT molecular complexity index is 713. The van der Waals surface area contributed by atoms with E-state index in [0.717, 1.165) is 22.1 Å². The Morgan fingerprint density at radius 1 is 1.35 bits per heavy atom. The molecule has 0 saturated carbocycles. The highest BCUT2D eigenvalue weighted by molar-refractivity contribution is 7.99. The SMILES string of the molecule is Cc1cc(Sc2ccc(C(=O)NC3CC4CCC3N4)cc2)no1. The van der Waals surface area contributed by atoms with Gasteiger partial charge in [0, 0.05) is 34.7 Å². The Morgan fingerprint density at radius 3 is 2.78 bits per heavy atom. The van der Waals surface area contributed by atoms with E-state index in [1.165, 1.54) is 24.6 Å². The number of benzene rings is 1. The number of carbonyl (C=O) groups is 1. The highest BCUT2D eigenvalue weighted by Gasteiger charge is 2.39. The van der Waals surface area contributed by atoms with Gasteiger partial charge >= 0.3 is 0 Å². The van der Waals surface area contributed by atoms with Gasteiger partial charge in [-0.1, -0.05) is 16.9 Å². The fraction of sp³-hybridized carbons (Fsp3) is 0.412. The maximum atomic E-state index is 12.4. The smallest absolute Gasteiger partial charge is 0.251 e. The minimum absolute atomic E-state index is 0.0122. The first-order chi connectivity index (χ1) is 11.2. The van der Waals surface area contributed by atoms with Crippen molar-refractivity contribution in [2.75, 3.05) is 0 Å². The first-order valence-corrected chi connectivity index (χ1v) is 8.77. The summed E-state index contributed by atoms with van der Waals surface area (Å²) in [4.78, 5) is 13.4. The second kappa shape index (κ2) is 6.02. The molecular formula is C17H19N3O2S. The third-order valence-corrected chi connectivity index (χ3v) is 5.47. The summed E-state index contributed by atoms with van der Waals surface area (Å²) >= 11 is 1.53. The van der Waals surface area contributed by atoms with Gasteiger partial charge in [0.2, 0.25) is 0 Å². The van der Waals surface area contributed by atoms with Crippen molar-refractivity contribution in [2.45, 2.75) is 54.2 Å². The molecule has 23 heavy (non-hydrogen) atoms. The number of nitrogens with zero attached hydrogens (tertiary/aromatic N) is 1. The Morgan fingerprint density at radius 2 is 2.17 bits per heavy atom. The first-order valence-electron chi connectivity index (χ1n) is 7.95. The predicted molar refractivity (Wildman–Crippen MR) is 87.6 cm³/mol. The zero-order valence-electron chi connectivity index (χ0n) is 12.9. The molecule has 2 N–H and O–H groups in total. The second-order valence-electron chi connectivity index (χ2n) is 6.27. The standard InChI is InChI=1S/C17H19N3O2S/c1-10-8-16(20-22-10)23-13-5-2-11(3-6-13)17(21)19-15-9-12-4-7-14(15)18-12/h2-3,5-6,8,12,14-15,18H,4,7,9H2,1H3,(H,19,21). The predicted octanol–water partition coefficient (Wildman–Crippen LogP) is 2.76. The lowest BCUT2D eigenvalue weighted by atomic mass is 9.95. The largest absolute Gasteiger partial charge is 0.361 e. The summed E-state index contributed by atoms with van der Waals surface area (Å²) in [5.74, 6) is 0.807. The summed E-state index contributed by atoms with van der Waals surface area (Å²) < 4.78 is 5.06. The van der Waals surface area contributed by atoms with Crippen LogP contribution in [-0.4, -0.2) is 29.2 Å². The molecule has 2 saturated heterocycles. The topological polar surface area (TPSA) is 67.2 Å². The summed E-state index contributed by atoms with van der Waals surface area (Å²) in [5, 5.41) is 11.5. The van der Waals surface area contributed by atoms with Crippen LogP contribution < -0.4 is 10.6 Å². The van der Waals surface area contributed by atoms with Crippen molar-refractivity contribution in [1.82, 2.24) is 15.8 Å². The fourth-order valence-corrected chi connectivity index (χ4v) is 4.24. The third kappa shape index (κ3) is 3.14. The molecule has 3 heterocycles. The minimum Gasteiger partial charge on any atom is -0.361 e. The maximum absolute atomic E-state index is 12.4. The number of carbonyl (C=O) groups excluding carboxylic acids is 1. The van der Waals surface area contributed by atoms with Gasteiger partial charge in [-0.25, -0.2) is 0 Å². The van der Waals surface area contributed by atoms with Crippen molar-refractivity contribution in [3.63, 3.8) is 0 Å². The Labute approximate surface area is 139 Å². The third-order valence-electron chi connectivity index (χ3n) is 4.56. The quantitative estimate of drug-likeness (QED) is 0.903. The second-order valence-corrected chi connectivity index (χ2v) is 7.36. The van der Waals surface area contributed by atoms with Gasteiger partial charge in [0.25, 0.3) is 5.91 Å². The van der Waals surface area contributed by atoms with Crippen molar-refractivity contribution >= 4 is 17.7 Å². The van der Waals surface area contributed by atoms with Crippen molar-refractivity contribution in [2.24, 2.45) is 0 Å². The zero-order valence-corrected chi connectivity index (χ0v) is 13.7. The van der Waals surface area contributed by atoms with Crippen LogP contribution in [0.15, 0.2) is 44.8 Å². The molecule has 4 rings (SSSR count). The number of nitrogens with one attached hydrogen (secondary N) is 2. The van der Waals surface area contributed by atoms with Crippen molar-refractivity contribution < 1.29 is 9.32 Å². The van der Waals surface area contributed by atoms with E-state index in [1.807, 2.05) is 37.3 Å². The number of fused-ring (bicyclic) bond motifs is 2. The van der Waals surface area contributed by atoms with Gasteiger partial charge in [-0.05, 0) is 50.5 Å². The molecule has 3 atom stereocenters. The van der Waals surface area contributed by atoms with Gasteiger partial charge in [-0.15, -0.1) is 0 Å². The fourth-order valence-electron chi connectivity index (χ4n) is 3.42. The van der Waals surface area contributed by atoms with Crippen LogP contribution in [0.2, 0.25) is 0 Å². The molecule has 0 radical (unpaired) electrons. The van der Waals surface area contributed by atoms with Gasteiger partial charge in [-0.3, -0.25) is 4.79 Å². The van der Waals surface area contributed by atoms with Crippen LogP contribution in [0, 0.1) is 6.92 Å². The van der Waals surface area contributed by atoms with Crippen LogP contribution in [0.4, 0.5) is 0 Å². The molecule has 120 valence electrons. The molecule has 3 unspecified atom stereocenters. The van der Waals surface area contributed by atoms with E-state index in [2.05, 4.69) is 15.8 Å². The number of hydrogen-bond donors (Lipinski definition) is 2. The minimum atomic E-state index is 0.0122. The van der Waals surface area contributed by atoms with E-state index in [9.17, 15) is 4.79 Å². The summed E-state index contributed by atoms with van der Waals surface area (Å²) in [6, 6.07) is 10.8. The average molecular weight is 329 g/mol. The number of hydrogen-bond acceptors (Lipinski definition) is 5.